The number of nitrogens with two attached hydrogens (primary N) is 1. The van der Waals surface area contributed by atoms with Crippen LogP contribution < -0.4 is 11.1 Å². The fourth-order valence-corrected chi connectivity index (χ4v) is 6.34. The van der Waals surface area contributed by atoms with E-state index in [1.54, 1.807) is 0 Å². The van der Waals surface area contributed by atoms with Crippen LogP contribution in [-0.2, 0) is 4.79 Å². The number of nitrogens with zero attached hydrogens (tertiary/aromatic N) is 1. The van der Waals surface area contributed by atoms with Crippen molar-refractivity contribution < 1.29 is 4.79 Å². The van der Waals surface area contributed by atoms with Crippen molar-refractivity contribution in [3.8, 4) is 0 Å². The maximum absolute atomic E-state index is 13.0. The Morgan fingerprint density at radius 1 is 1.29 bits per heavy atom. The summed E-state index contributed by atoms with van der Waals surface area (Å²) in [6, 6.07) is 0. The largest absolute Gasteiger partial charge is 0.394 e. The zero-order valence-corrected chi connectivity index (χ0v) is 12.8. The molecule has 5 nitrogen and oxygen atoms in total. The summed E-state index contributed by atoms with van der Waals surface area (Å²) in [5, 5.41) is 9.66. The van der Waals surface area contributed by atoms with Gasteiger partial charge in [-0.05, 0) is 55.3 Å². The van der Waals surface area contributed by atoms with Gasteiger partial charge in [0.1, 0.15) is 0 Å². The number of aromatic nitrogens is 2. The van der Waals surface area contributed by atoms with Gasteiger partial charge in [0.05, 0.1) is 17.3 Å². The Morgan fingerprint density at radius 2 is 1.95 bits per heavy atom. The third-order valence-electron chi connectivity index (χ3n) is 6.02. The number of rotatable bonds is 2. The highest BCUT2D eigenvalue weighted by atomic mass is 16.2. The minimum absolute atomic E-state index is 0.139. The van der Waals surface area contributed by atoms with Gasteiger partial charge in [-0.2, -0.15) is 5.10 Å². The lowest BCUT2D eigenvalue weighted by atomic mass is 9.40. The molecule has 0 saturated heterocycles. The number of H-pyrrole nitrogens is 1. The molecule has 4 aliphatic carbocycles. The molecule has 21 heavy (non-hydrogen) atoms. The van der Waals surface area contributed by atoms with E-state index >= 15 is 0 Å². The fraction of sp³-hybridized carbons (Fsp3) is 0.750. The molecule has 1 heterocycles. The predicted octanol–water partition coefficient (Wildman–Crippen LogP) is 2.93. The molecule has 1 amide bonds. The number of anilines is 2. The number of amides is 1. The smallest absolute Gasteiger partial charge is 0.231 e. The number of hydrogen-bond donors (Lipinski definition) is 3. The number of aromatic amines is 1. The third kappa shape index (κ3) is 1.89. The molecule has 0 spiro atoms. The van der Waals surface area contributed by atoms with Crippen molar-refractivity contribution in [2.24, 2.45) is 22.2 Å². The normalized spacial score (nSPS) is 44.0. The average molecular weight is 288 g/mol. The summed E-state index contributed by atoms with van der Waals surface area (Å²) in [7, 11) is 0. The highest BCUT2D eigenvalue weighted by Gasteiger charge is 2.62. The van der Waals surface area contributed by atoms with Crippen LogP contribution in [0.2, 0.25) is 0 Å². The van der Waals surface area contributed by atoms with Gasteiger partial charge in [0.15, 0.2) is 5.82 Å². The first-order valence-corrected chi connectivity index (χ1v) is 7.92. The lowest BCUT2D eigenvalue weighted by molar-refractivity contribution is -0.165. The van der Waals surface area contributed by atoms with E-state index < -0.39 is 0 Å². The average Bonchev–Trinajstić information content (AvgIpc) is 2.70. The first kappa shape index (κ1) is 13.2. The summed E-state index contributed by atoms with van der Waals surface area (Å²) in [6.07, 6.45) is 8.49. The number of carbonyl (C=O) groups excluding carboxylic acids is 1. The molecule has 2 unspecified atom stereocenters. The van der Waals surface area contributed by atoms with Crippen LogP contribution in [0.3, 0.4) is 0 Å². The number of carbonyl (C=O) groups is 1. The van der Waals surface area contributed by atoms with Crippen LogP contribution in [0.5, 0.6) is 0 Å². The van der Waals surface area contributed by atoms with Gasteiger partial charge in [0.2, 0.25) is 5.91 Å². The predicted molar refractivity (Wildman–Crippen MR) is 81.5 cm³/mol. The molecule has 0 radical (unpaired) electrons. The Hall–Kier alpha value is -1.52. The van der Waals surface area contributed by atoms with E-state index in [-0.39, 0.29) is 11.3 Å². The summed E-state index contributed by atoms with van der Waals surface area (Å²) in [6.45, 7) is 4.75. The lowest BCUT2D eigenvalue weighted by Crippen LogP contribution is -2.58. The topological polar surface area (TPSA) is 83.8 Å². The SMILES string of the molecule is CC12CC3CC(C)(C1)CC(C(=O)Nc1[nH]ncc1N)(C3)C2. The van der Waals surface area contributed by atoms with Crippen molar-refractivity contribution in [2.75, 3.05) is 11.1 Å². The van der Waals surface area contributed by atoms with E-state index in [0.717, 1.165) is 19.3 Å². The summed E-state index contributed by atoms with van der Waals surface area (Å²) in [5.41, 5.74) is 6.80. The Labute approximate surface area is 125 Å². The fourth-order valence-electron chi connectivity index (χ4n) is 6.34. The maximum atomic E-state index is 13.0. The van der Waals surface area contributed by atoms with Gasteiger partial charge in [-0.15, -0.1) is 0 Å². The highest BCUT2D eigenvalue weighted by Crippen LogP contribution is 2.69. The van der Waals surface area contributed by atoms with E-state index in [1.165, 1.54) is 25.5 Å². The van der Waals surface area contributed by atoms with E-state index in [4.69, 9.17) is 5.73 Å². The summed E-state index contributed by atoms with van der Waals surface area (Å²) in [5.74, 6) is 1.40. The second-order valence-electron chi connectivity index (χ2n) is 8.56. The van der Waals surface area contributed by atoms with E-state index in [2.05, 4.69) is 29.4 Å². The van der Waals surface area contributed by atoms with E-state index in [1.807, 2.05) is 0 Å². The van der Waals surface area contributed by atoms with Crippen molar-refractivity contribution in [3.05, 3.63) is 6.20 Å². The molecule has 0 aliphatic heterocycles. The number of nitrogen functional groups attached to an aromatic ring is 1. The van der Waals surface area contributed by atoms with Gasteiger partial charge in [0.25, 0.3) is 0 Å². The van der Waals surface area contributed by atoms with Crippen LogP contribution in [-0.4, -0.2) is 16.1 Å². The molecule has 4 fully saturated rings. The third-order valence-corrected chi connectivity index (χ3v) is 6.02. The van der Waals surface area contributed by atoms with Crippen molar-refractivity contribution in [3.63, 3.8) is 0 Å². The molecular weight excluding hydrogens is 264 g/mol. The molecule has 114 valence electrons. The first-order chi connectivity index (χ1) is 9.82. The molecule has 0 aromatic carbocycles. The Morgan fingerprint density at radius 3 is 2.48 bits per heavy atom. The molecule has 2 atom stereocenters. The Kier molecular flexibility index (Phi) is 2.39. The van der Waals surface area contributed by atoms with Crippen LogP contribution in [0, 0.1) is 22.2 Å². The molecule has 1 aromatic rings. The molecule has 4 bridgehead atoms. The second kappa shape index (κ2) is 3.81. The molecule has 1 aromatic heterocycles. The zero-order chi connectivity index (χ0) is 14.9. The summed E-state index contributed by atoms with van der Waals surface area (Å²) >= 11 is 0. The quantitative estimate of drug-likeness (QED) is 0.782. The maximum Gasteiger partial charge on any atom is 0.231 e. The summed E-state index contributed by atoms with van der Waals surface area (Å²) in [4.78, 5) is 13.0. The number of nitrogens with one attached hydrogen (secondary N) is 2. The van der Waals surface area contributed by atoms with Crippen molar-refractivity contribution in [1.82, 2.24) is 10.2 Å². The van der Waals surface area contributed by atoms with Crippen LogP contribution in [0.4, 0.5) is 11.5 Å². The van der Waals surface area contributed by atoms with Gasteiger partial charge < -0.3 is 11.1 Å². The lowest BCUT2D eigenvalue weighted by Gasteiger charge is -2.64. The Balaban J connectivity index is 1.65. The first-order valence-electron chi connectivity index (χ1n) is 7.92. The van der Waals surface area contributed by atoms with Crippen LogP contribution >= 0.6 is 0 Å². The van der Waals surface area contributed by atoms with Gasteiger partial charge in [0, 0.05) is 0 Å². The molecule has 5 heteroatoms. The molecule has 4 N–H and O–H groups in total. The molecule has 4 aliphatic rings. The van der Waals surface area contributed by atoms with Gasteiger partial charge >= 0.3 is 0 Å². The molecule has 5 rings (SSSR count). The second-order valence-corrected chi connectivity index (χ2v) is 8.56. The minimum atomic E-state index is -0.208. The van der Waals surface area contributed by atoms with E-state index in [9.17, 15) is 4.79 Å². The van der Waals surface area contributed by atoms with Gasteiger partial charge in [-0.25, -0.2) is 0 Å². The molecular formula is C16H24N4O. The van der Waals surface area contributed by atoms with Crippen molar-refractivity contribution in [1.29, 1.82) is 0 Å². The molecule has 4 saturated carbocycles. The van der Waals surface area contributed by atoms with Crippen LogP contribution in [0.1, 0.15) is 52.4 Å². The minimum Gasteiger partial charge on any atom is -0.394 e. The zero-order valence-electron chi connectivity index (χ0n) is 12.8. The van der Waals surface area contributed by atoms with E-state index in [0.29, 0.717) is 28.3 Å². The highest BCUT2D eigenvalue weighted by molar-refractivity contribution is 5.97. The van der Waals surface area contributed by atoms with Crippen LogP contribution in [0.15, 0.2) is 6.20 Å². The standard InChI is InChI=1S/C16H24N4O/c1-14-3-10-4-15(2,7-14)9-16(5-10,8-14)13(21)19-12-11(17)6-18-20-12/h6,10H,3-5,7-9,17H2,1-2H3,(H2,18,19,20,21). The van der Waals surface area contributed by atoms with Crippen molar-refractivity contribution in [2.45, 2.75) is 52.4 Å². The van der Waals surface area contributed by atoms with Gasteiger partial charge in [-0.3, -0.25) is 9.89 Å². The van der Waals surface area contributed by atoms with Gasteiger partial charge in [-0.1, -0.05) is 13.8 Å². The Bertz CT molecular complexity index is 589. The number of hydrogen-bond acceptors (Lipinski definition) is 3. The van der Waals surface area contributed by atoms with Crippen LogP contribution in [0.25, 0.3) is 0 Å². The van der Waals surface area contributed by atoms with Crippen molar-refractivity contribution >= 4 is 17.4 Å². The summed E-state index contributed by atoms with van der Waals surface area (Å²) < 4.78 is 0. The monoisotopic (exact) mass is 288 g/mol.